The van der Waals surface area contributed by atoms with Gasteiger partial charge in [-0.1, -0.05) is 29.8 Å². The molecule has 0 saturated carbocycles. The average Bonchev–Trinajstić information content (AvgIpc) is 2.61. The van der Waals surface area contributed by atoms with E-state index in [0.717, 1.165) is 5.69 Å². The molecule has 0 fully saturated rings. The van der Waals surface area contributed by atoms with Crippen molar-refractivity contribution in [1.82, 2.24) is 10.0 Å². The van der Waals surface area contributed by atoms with Gasteiger partial charge in [-0.2, -0.15) is 0 Å². The van der Waals surface area contributed by atoms with Crippen LogP contribution in [0.4, 0.5) is 5.69 Å². The Morgan fingerprint density at radius 2 is 1.78 bits per heavy atom. The van der Waals surface area contributed by atoms with Crippen molar-refractivity contribution in [2.45, 2.75) is 31.2 Å². The fraction of sp³-hybridized carbons (Fsp3) is 0.316. The summed E-state index contributed by atoms with van der Waals surface area (Å²) in [6.07, 6.45) is 0.713. The van der Waals surface area contributed by atoms with E-state index in [2.05, 4.69) is 15.4 Å². The molecule has 2 rings (SSSR count). The van der Waals surface area contributed by atoms with Crippen LogP contribution in [0.25, 0.3) is 0 Å². The van der Waals surface area contributed by atoms with Crippen molar-refractivity contribution in [3.8, 4) is 0 Å². The summed E-state index contributed by atoms with van der Waals surface area (Å²) in [6, 6.07) is 13.6. The van der Waals surface area contributed by atoms with Gasteiger partial charge in [0.15, 0.2) is 0 Å². The Morgan fingerprint density at radius 3 is 2.44 bits per heavy atom. The molecule has 2 aromatic carbocycles. The number of nitrogens with one attached hydrogen (secondary N) is 3. The number of para-hydroxylation sites is 1. The minimum absolute atomic E-state index is 0.0106. The maximum Gasteiger partial charge on any atom is 0.252 e. The highest BCUT2D eigenvalue weighted by Gasteiger charge is 2.19. The van der Waals surface area contributed by atoms with Crippen molar-refractivity contribution in [2.75, 3.05) is 18.4 Å². The molecule has 0 heterocycles. The van der Waals surface area contributed by atoms with E-state index in [4.69, 9.17) is 11.6 Å². The van der Waals surface area contributed by atoms with Crippen molar-refractivity contribution < 1.29 is 13.2 Å². The Kier molecular flexibility index (Phi) is 7.65. The molecule has 0 spiro atoms. The van der Waals surface area contributed by atoms with Gasteiger partial charge in [-0.25, -0.2) is 13.1 Å². The highest BCUT2D eigenvalue weighted by Crippen LogP contribution is 2.20. The van der Waals surface area contributed by atoms with Gasteiger partial charge in [-0.3, -0.25) is 4.79 Å². The molecule has 27 heavy (non-hydrogen) atoms. The topological polar surface area (TPSA) is 87.3 Å². The smallest absolute Gasteiger partial charge is 0.252 e. The van der Waals surface area contributed by atoms with E-state index < -0.39 is 15.9 Å². The predicted octanol–water partition coefficient (Wildman–Crippen LogP) is 3.26. The molecule has 0 aliphatic heterocycles. The largest absolute Gasteiger partial charge is 0.385 e. The van der Waals surface area contributed by atoms with Gasteiger partial charge in [0.25, 0.3) is 5.91 Å². The summed E-state index contributed by atoms with van der Waals surface area (Å²) in [5.74, 6) is -0.402. The second kappa shape index (κ2) is 9.73. The molecule has 0 atom stereocenters. The Bertz CT molecular complexity index is 871. The number of benzene rings is 2. The van der Waals surface area contributed by atoms with Gasteiger partial charge in [0.05, 0.1) is 15.5 Å². The summed E-state index contributed by atoms with van der Waals surface area (Å²) in [7, 11) is -3.69. The summed E-state index contributed by atoms with van der Waals surface area (Å²) in [5, 5.41) is 6.23. The number of carbonyl (C=O) groups excluding carboxylic acids is 1. The maximum atomic E-state index is 12.4. The van der Waals surface area contributed by atoms with Gasteiger partial charge in [-0.15, -0.1) is 0 Å². The van der Waals surface area contributed by atoms with Gasteiger partial charge in [0.2, 0.25) is 10.0 Å². The van der Waals surface area contributed by atoms with Crippen LogP contribution in [0.3, 0.4) is 0 Å². The lowest BCUT2D eigenvalue weighted by Crippen LogP contribution is -2.31. The molecule has 6 nitrogen and oxygen atoms in total. The zero-order chi connectivity index (χ0) is 19.9. The van der Waals surface area contributed by atoms with Gasteiger partial charge in [0, 0.05) is 24.8 Å². The molecule has 3 N–H and O–H groups in total. The summed E-state index contributed by atoms with van der Waals surface area (Å²) >= 11 is 6.08. The minimum atomic E-state index is -3.69. The van der Waals surface area contributed by atoms with E-state index in [-0.39, 0.29) is 21.5 Å². The molecule has 0 aromatic heterocycles. The number of rotatable bonds is 9. The van der Waals surface area contributed by atoms with Crippen LogP contribution in [0, 0.1) is 0 Å². The van der Waals surface area contributed by atoms with Gasteiger partial charge >= 0.3 is 0 Å². The van der Waals surface area contributed by atoms with Gasteiger partial charge in [-0.05, 0) is 50.6 Å². The number of amides is 1. The number of anilines is 1. The number of hydrogen-bond acceptors (Lipinski definition) is 4. The molecule has 146 valence electrons. The van der Waals surface area contributed by atoms with Crippen molar-refractivity contribution in [2.24, 2.45) is 0 Å². The number of halogens is 1. The first-order chi connectivity index (χ1) is 12.8. The zero-order valence-corrected chi connectivity index (χ0v) is 16.9. The first-order valence-corrected chi connectivity index (χ1v) is 10.5. The Labute approximate surface area is 165 Å². The van der Waals surface area contributed by atoms with Crippen molar-refractivity contribution >= 4 is 33.2 Å². The van der Waals surface area contributed by atoms with E-state index >= 15 is 0 Å². The van der Waals surface area contributed by atoms with Crippen LogP contribution in [0.5, 0.6) is 0 Å². The van der Waals surface area contributed by atoms with E-state index in [0.29, 0.717) is 19.5 Å². The van der Waals surface area contributed by atoms with E-state index in [1.54, 1.807) is 13.8 Å². The van der Waals surface area contributed by atoms with E-state index in [9.17, 15) is 13.2 Å². The lowest BCUT2D eigenvalue weighted by Gasteiger charge is -2.12. The van der Waals surface area contributed by atoms with Crippen molar-refractivity contribution in [1.29, 1.82) is 0 Å². The molecular formula is C19H24ClN3O3S. The van der Waals surface area contributed by atoms with E-state index in [1.165, 1.54) is 18.2 Å². The second-order valence-corrected chi connectivity index (χ2v) is 8.44. The van der Waals surface area contributed by atoms with E-state index in [1.807, 2.05) is 30.3 Å². The maximum absolute atomic E-state index is 12.4. The van der Waals surface area contributed by atoms with Gasteiger partial charge in [0.1, 0.15) is 0 Å². The highest BCUT2D eigenvalue weighted by molar-refractivity contribution is 7.89. The van der Waals surface area contributed by atoms with Crippen molar-refractivity contribution in [3.05, 3.63) is 59.1 Å². The lowest BCUT2D eigenvalue weighted by atomic mass is 10.2. The SMILES string of the molecule is CC(C)NS(=O)(=O)c1ccc(Cl)c(C(=O)NCCCNc2ccccc2)c1. The van der Waals surface area contributed by atoms with Crippen LogP contribution in [-0.2, 0) is 10.0 Å². The van der Waals surface area contributed by atoms with Crippen LogP contribution < -0.4 is 15.4 Å². The monoisotopic (exact) mass is 409 g/mol. The molecule has 0 radical (unpaired) electrons. The summed E-state index contributed by atoms with van der Waals surface area (Å²) in [5.41, 5.74) is 1.15. The third-order valence-electron chi connectivity index (χ3n) is 3.63. The molecule has 0 aliphatic rings. The molecule has 2 aromatic rings. The second-order valence-electron chi connectivity index (χ2n) is 6.32. The lowest BCUT2D eigenvalue weighted by molar-refractivity contribution is 0.0953. The fourth-order valence-electron chi connectivity index (χ4n) is 2.40. The fourth-order valence-corrected chi connectivity index (χ4v) is 3.88. The van der Waals surface area contributed by atoms with Crippen molar-refractivity contribution in [3.63, 3.8) is 0 Å². The summed E-state index contributed by atoms with van der Waals surface area (Å²) in [6.45, 7) is 4.59. The normalized spacial score (nSPS) is 11.4. The molecule has 0 aliphatic carbocycles. The average molecular weight is 410 g/mol. The molecule has 1 amide bonds. The van der Waals surface area contributed by atoms with Crippen LogP contribution in [0.1, 0.15) is 30.6 Å². The molecule has 8 heteroatoms. The third-order valence-corrected chi connectivity index (χ3v) is 5.61. The number of sulfonamides is 1. The first-order valence-electron chi connectivity index (χ1n) is 8.68. The standard InChI is InChI=1S/C19H24ClN3O3S/c1-14(2)23-27(25,26)16-9-10-18(20)17(13-16)19(24)22-12-6-11-21-15-7-4-3-5-8-15/h3-5,7-10,13-14,21,23H,6,11-12H2,1-2H3,(H,22,24). The van der Waals surface area contributed by atoms with Crippen LogP contribution >= 0.6 is 11.6 Å². The summed E-state index contributed by atoms with van der Waals surface area (Å²) in [4.78, 5) is 12.4. The molecule has 0 unspecified atom stereocenters. The van der Waals surface area contributed by atoms with Gasteiger partial charge < -0.3 is 10.6 Å². The number of hydrogen-bond donors (Lipinski definition) is 3. The quantitative estimate of drug-likeness (QED) is 0.555. The highest BCUT2D eigenvalue weighted by atomic mass is 35.5. The summed E-state index contributed by atoms with van der Waals surface area (Å²) < 4.78 is 27.0. The predicted molar refractivity (Wildman–Crippen MR) is 109 cm³/mol. The zero-order valence-electron chi connectivity index (χ0n) is 15.3. The van der Waals surface area contributed by atoms with Crippen LogP contribution in [0.2, 0.25) is 5.02 Å². The Hall–Kier alpha value is -2.09. The van der Waals surface area contributed by atoms with Crippen LogP contribution in [-0.4, -0.2) is 33.5 Å². The number of carbonyl (C=O) groups is 1. The Morgan fingerprint density at radius 1 is 1.07 bits per heavy atom. The minimum Gasteiger partial charge on any atom is -0.385 e. The molecule has 0 bridgehead atoms. The Balaban J connectivity index is 1.92. The van der Waals surface area contributed by atoms with Crippen LogP contribution in [0.15, 0.2) is 53.4 Å². The third kappa shape index (κ3) is 6.53. The molecular weight excluding hydrogens is 386 g/mol. The first kappa shape index (κ1) is 21.2. The molecule has 0 saturated heterocycles.